The number of carbonyl (C=O) groups is 1. The molecule has 2 bridgehead atoms. The minimum atomic E-state index is -0.0542. The SMILES string of the molecule is CC(C)Cn1nc2n(c1=O)CC1CCC(C2)N1C(=O)c1ccn(C)n1. The molecule has 4 heterocycles. The van der Waals surface area contributed by atoms with Crippen molar-refractivity contribution < 1.29 is 4.79 Å². The molecule has 0 aliphatic carbocycles. The topological polar surface area (TPSA) is 78.0 Å². The zero-order valence-corrected chi connectivity index (χ0v) is 14.9. The largest absolute Gasteiger partial charge is 0.345 e. The number of rotatable bonds is 3. The van der Waals surface area contributed by atoms with E-state index in [1.54, 1.807) is 33.2 Å². The Morgan fingerprint density at radius 1 is 1.28 bits per heavy atom. The molecule has 0 radical (unpaired) electrons. The minimum Gasteiger partial charge on any atom is -0.329 e. The summed E-state index contributed by atoms with van der Waals surface area (Å²) in [6.07, 6.45) is 4.29. The van der Waals surface area contributed by atoms with Gasteiger partial charge in [0.2, 0.25) is 0 Å². The molecular weight excluding hydrogens is 320 g/mol. The number of amides is 1. The minimum absolute atomic E-state index is 0.0372. The molecule has 1 amide bonds. The molecule has 2 atom stereocenters. The summed E-state index contributed by atoms with van der Waals surface area (Å²) in [5, 5.41) is 8.80. The van der Waals surface area contributed by atoms with Crippen LogP contribution >= 0.6 is 0 Å². The van der Waals surface area contributed by atoms with Gasteiger partial charge in [0.1, 0.15) is 11.5 Å². The molecule has 0 N–H and O–H groups in total. The predicted molar refractivity (Wildman–Crippen MR) is 91.2 cm³/mol. The molecule has 2 aliphatic heterocycles. The average molecular weight is 344 g/mol. The maximum Gasteiger partial charge on any atom is 0.345 e. The molecule has 1 fully saturated rings. The summed E-state index contributed by atoms with van der Waals surface area (Å²) in [5.41, 5.74) is 0.414. The van der Waals surface area contributed by atoms with Crippen LogP contribution in [0.25, 0.3) is 0 Å². The molecule has 2 aromatic rings. The van der Waals surface area contributed by atoms with Crippen LogP contribution in [0.1, 0.15) is 43.0 Å². The van der Waals surface area contributed by atoms with Crippen molar-refractivity contribution in [3.05, 3.63) is 34.3 Å². The third-order valence-electron chi connectivity index (χ3n) is 5.14. The third-order valence-corrected chi connectivity index (χ3v) is 5.14. The Morgan fingerprint density at radius 3 is 2.72 bits per heavy atom. The fraction of sp³-hybridized carbons (Fsp3) is 0.647. The van der Waals surface area contributed by atoms with E-state index in [0.29, 0.717) is 31.1 Å². The second-order valence-corrected chi connectivity index (χ2v) is 7.56. The lowest BCUT2D eigenvalue weighted by molar-refractivity contribution is 0.0657. The highest BCUT2D eigenvalue weighted by atomic mass is 16.2. The quantitative estimate of drug-likeness (QED) is 0.820. The normalized spacial score (nSPS) is 22.3. The Bertz CT molecular complexity index is 861. The summed E-state index contributed by atoms with van der Waals surface area (Å²) in [7, 11) is 1.81. The van der Waals surface area contributed by atoms with E-state index in [0.717, 1.165) is 18.7 Å². The highest BCUT2D eigenvalue weighted by Crippen LogP contribution is 2.31. The number of nitrogens with zero attached hydrogens (tertiary/aromatic N) is 6. The second-order valence-electron chi connectivity index (χ2n) is 7.56. The van der Waals surface area contributed by atoms with E-state index in [4.69, 9.17) is 0 Å². The van der Waals surface area contributed by atoms with Crippen LogP contribution in [-0.4, -0.2) is 47.0 Å². The molecule has 2 unspecified atom stereocenters. The van der Waals surface area contributed by atoms with Gasteiger partial charge in [-0.05, 0) is 24.8 Å². The zero-order chi connectivity index (χ0) is 17.7. The second kappa shape index (κ2) is 5.86. The molecule has 134 valence electrons. The standard InChI is InChI=1S/C17H24N6O2/c1-11(2)9-22-17(25)21-10-13-5-4-12(8-15(21)19-22)23(13)16(24)14-6-7-20(3)18-14/h6-7,11-13H,4-5,8-10H2,1-3H3. The van der Waals surface area contributed by atoms with Crippen LogP contribution in [-0.2, 0) is 26.6 Å². The predicted octanol–water partition coefficient (Wildman–Crippen LogP) is 0.664. The molecule has 2 aliphatic rings. The number of carbonyl (C=O) groups excluding carboxylic acids is 1. The summed E-state index contributed by atoms with van der Waals surface area (Å²) in [4.78, 5) is 27.5. The molecular formula is C17H24N6O2. The lowest BCUT2D eigenvalue weighted by Crippen LogP contribution is -2.43. The van der Waals surface area contributed by atoms with E-state index in [2.05, 4.69) is 24.0 Å². The van der Waals surface area contributed by atoms with Gasteiger partial charge in [-0.2, -0.15) is 10.2 Å². The van der Waals surface area contributed by atoms with E-state index in [9.17, 15) is 9.59 Å². The van der Waals surface area contributed by atoms with Crippen molar-refractivity contribution in [3.8, 4) is 0 Å². The number of aryl methyl sites for hydroxylation is 1. The van der Waals surface area contributed by atoms with Crippen LogP contribution in [0.5, 0.6) is 0 Å². The van der Waals surface area contributed by atoms with Crippen molar-refractivity contribution in [1.82, 2.24) is 29.0 Å². The Kier molecular flexibility index (Phi) is 3.77. The number of hydrogen-bond donors (Lipinski definition) is 0. The first kappa shape index (κ1) is 16.1. The number of hydrogen-bond acceptors (Lipinski definition) is 4. The first-order valence-electron chi connectivity index (χ1n) is 8.93. The van der Waals surface area contributed by atoms with Crippen molar-refractivity contribution >= 4 is 5.91 Å². The highest BCUT2D eigenvalue weighted by molar-refractivity contribution is 5.93. The lowest BCUT2D eigenvalue weighted by Gasteiger charge is -2.27. The van der Waals surface area contributed by atoms with E-state index in [1.165, 1.54) is 0 Å². The van der Waals surface area contributed by atoms with E-state index in [-0.39, 0.29) is 23.7 Å². The van der Waals surface area contributed by atoms with Crippen molar-refractivity contribution in [2.24, 2.45) is 13.0 Å². The fourth-order valence-electron chi connectivity index (χ4n) is 4.04. The first-order valence-corrected chi connectivity index (χ1v) is 8.93. The van der Waals surface area contributed by atoms with Crippen LogP contribution < -0.4 is 5.69 Å². The summed E-state index contributed by atoms with van der Waals surface area (Å²) < 4.78 is 4.99. The smallest absolute Gasteiger partial charge is 0.329 e. The van der Waals surface area contributed by atoms with Gasteiger partial charge in [0.25, 0.3) is 5.91 Å². The molecule has 8 heteroatoms. The first-order chi connectivity index (χ1) is 11.9. The van der Waals surface area contributed by atoms with Crippen LogP contribution in [0.15, 0.2) is 17.1 Å². The lowest BCUT2D eigenvalue weighted by atomic mass is 10.1. The Balaban J connectivity index is 1.64. The van der Waals surface area contributed by atoms with E-state index < -0.39 is 0 Å². The third kappa shape index (κ3) is 2.69. The zero-order valence-electron chi connectivity index (χ0n) is 14.9. The van der Waals surface area contributed by atoms with Gasteiger partial charge >= 0.3 is 5.69 Å². The van der Waals surface area contributed by atoms with Crippen LogP contribution in [0, 0.1) is 5.92 Å². The molecule has 0 aromatic carbocycles. The van der Waals surface area contributed by atoms with Gasteiger partial charge in [-0.15, -0.1) is 0 Å². The molecule has 4 rings (SSSR count). The fourth-order valence-corrected chi connectivity index (χ4v) is 4.04. The Morgan fingerprint density at radius 2 is 2.04 bits per heavy atom. The van der Waals surface area contributed by atoms with Crippen molar-refractivity contribution in [2.75, 3.05) is 0 Å². The molecule has 0 spiro atoms. The maximum atomic E-state index is 12.9. The monoisotopic (exact) mass is 344 g/mol. The van der Waals surface area contributed by atoms with Crippen molar-refractivity contribution in [3.63, 3.8) is 0 Å². The number of fused-ring (bicyclic) bond motifs is 3. The van der Waals surface area contributed by atoms with Crippen LogP contribution in [0.4, 0.5) is 0 Å². The Labute approximate surface area is 146 Å². The molecule has 0 saturated carbocycles. The number of aromatic nitrogens is 5. The highest BCUT2D eigenvalue weighted by Gasteiger charge is 2.42. The summed E-state index contributed by atoms with van der Waals surface area (Å²) in [6.45, 7) is 5.31. The van der Waals surface area contributed by atoms with Crippen molar-refractivity contribution in [2.45, 2.75) is 58.3 Å². The van der Waals surface area contributed by atoms with Gasteiger partial charge < -0.3 is 4.90 Å². The Hall–Kier alpha value is -2.38. The summed E-state index contributed by atoms with van der Waals surface area (Å²) in [6, 6.07) is 1.88. The molecule has 8 nitrogen and oxygen atoms in total. The molecule has 1 saturated heterocycles. The van der Waals surface area contributed by atoms with E-state index in [1.807, 2.05) is 4.90 Å². The van der Waals surface area contributed by atoms with Gasteiger partial charge in [0, 0.05) is 38.8 Å². The maximum absolute atomic E-state index is 12.9. The van der Waals surface area contributed by atoms with Gasteiger partial charge in [0.15, 0.2) is 0 Å². The summed E-state index contributed by atoms with van der Waals surface area (Å²) >= 11 is 0. The van der Waals surface area contributed by atoms with Gasteiger partial charge in [-0.25, -0.2) is 9.48 Å². The van der Waals surface area contributed by atoms with Crippen LogP contribution in [0.2, 0.25) is 0 Å². The average Bonchev–Trinajstić information content (AvgIpc) is 3.17. The van der Waals surface area contributed by atoms with Crippen molar-refractivity contribution in [1.29, 1.82) is 0 Å². The molecule has 2 aromatic heterocycles. The summed E-state index contributed by atoms with van der Waals surface area (Å²) in [5.74, 6) is 1.13. The van der Waals surface area contributed by atoms with Gasteiger partial charge in [0.05, 0.1) is 6.04 Å². The van der Waals surface area contributed by atoms with Gasteiger partial charge in [-0.3, -0.25) is 14.0 Å². The van der Waals surface area contributed by atoms with Crippen LogP contribution in [0.3, 0.4) is 0 Å². The van der Waals surface area contributed by atoms with Gasteiger partial charge in [-0.1, -0.05) is 13.8 Å². The molecule has 25 heavy (non-hydrogen) atoms. The van der Waals surface area contributed by atoms with E-state index >= 15 is 0 Å².